The molecule has 0 saturated carbocycles. The summed E-state index contributed by atoms with van der Waals surface area (Å²) in [4.78, 5) is -0.736. The Hall–Kier alpha value is -0.740. The van der Waals surface area contributed by atoms with Crippen molar-refractivity contribution in [3.63, 3.8) is 0 Å². The SMILES string of the molecule is FC(F)(F)c1[c]c2cccc(Cl)c2s1. The topological polar surface area (TPSA) is 0 Å². The van der Waals surface area contributed by atoms with Crippen LogP contribution in [0.2, 0.25) is 5.02 Å². The summed E-state index contributed by atoms with van der Waals surface area (Å²) in [6.07, 6.45) is -4.34. The molecule has 1 aromatic heterocycles. The maximum absolute atomic E-state index is 12.3. The first-order chi connectivity index (χ1) is 6.48. The third-order valence-corrected chi connectivity index (χ3v) is 3.29. The van der Waals surface area contributed by atoms with E-state index in [0.717, 1.165) is 0 Å². The van der Waals surface area contributed by atoms with E-state index in [-0.39, 0.29) is 0 Å². The number of halogens is 4. The minimum Gasteiger partial charge on any atom is -0.165 e. The lowest BCUT2D eigenvalue weighted by atomic mass is 10.2. The zero-order valence-corrected chi connectivity index (χ0v) is 8.22. The summed E-state index contributed by atoms with van der Waals surface area (Å²) in [6, 6.07) is 7.02. The highest BCUT2D eigenvalue weighted by Crippen LogP contribution is 2.39. The van der Waals surface area contributed by atoms with Crippen molar-refractivity contribution in [2.45, 2.75) is 6.18 Å². The van der Waals surface area contributed by atoms with Crippen LogP contribution < -0.4 is 0 Å². The molecular formula is C9H3ClF3S. The number of fused-ring (bicyclic) bond motifs is 1. The zero-order valence-electron chi connectivity index (χ0n) is 6.65. The summed E-state index contributed by atoms with van der Waals surface area (Å²) in [7, 11) is 0. The molecule has 0 aliphatic carbocycles. The van der Waals surface area contributed by atoms with Crippen molar-refractivity contribution in [1.82, 2.24) is 0 Å². The Bertz CT molecular complexity index is 472. The van der Waals surface area contributed by atoms with Crippen LogP contribution in [0.15, 0.2) is 18.2 Å². The van der Waals surface area contributed by atoms with Gasteiger partial charge >= 0.3 is 6.18 Å². The molecule has 0 unspecified atom stereocenters. The van der Waals surface area contributed by atoms with Crippen LogP contribution in [0.1, 0.15) is 4.88 Å². The van der Waals surface area contributed by atoms with Crippen LogP contribution in [-0.4, -0.2) is 0 Å². The van der Waals surface area contributed by atoms with Crippen LogP contribution >= 0.6 is 22.9 Å². The molecule has 0 spiro atoms. The summed E-state index contributed by atoms with van der Waals surface area (Å²) >= 11 is 6.36. The summed E-state index contributed by atoms with van der Waals surface area (Å²) in [5, 5.41) is 0.745. The van der Waals surface area contributed by atoms with Crippen LogP contribution in [0.3, 0.4) is 0 Å². The van der Waals surface area contributed by atoms with E-state index in [1.807, 2.05) is 0 Å². The third-order valence-electron chi connectivity index (χ3n) is 1.68. The quantitative estimate of drug-likeness (QED) is 0.636. The number of hydrogen-bond acceptors (Lipinski definition) is 1. The maximum Gasteiger partial charge on any atom is 0.426 e. The Morgan fingerprint density at radius 2 is 2.00 bits per heavy atom. The number of alkyl halides is 3. The van der Waals surface area contributed by atoms with Gasteiger partial charge in [-0.1, -0.05) is 23.7 Å². The van der Waals surface area contributed by atoms with E-state index in [2.05, 4.69) is 6.07 Å². The smallest absolute Gasteiger partial charge is 0.165 e. The van der Waals surface area contributed by atoms with E-state index < -0.39 is 11.1 Å². The molecule has 1 aromatic carbocycles. The fourth-order valence-corrected chi connectivity index (χ4v) is 2.26. The molecule has 2 rings (SSSR count). The van der Waals surface area contributed by atoms with Crippen molar-refractivity contribution >= 4 is 33.0 Å². The second kappa shape index (κ2) is 3.14. The zero-order chi connectivity index (χ0) is 10.3. The lowest BCUT2D eigenvalue weighted by Crippen LogP contribution is -2.00. The minimum absolute atomic E-state index is 0.333. The van der Waals surface area contributed by atoms with Crippen LogP contribution in [0.4, 0.5) is 13.2 Å². The molecule has 5 heteroatoms. The molecule has 0 nitrogen and oxygen atoms in total. The lowest BCUT2D eigenvalue weighted by molar-refractivity contribution is -0.134. The van der Waals surface area contributed by atoms with Crippen molar-refractivity contribution in [3.8, 4) is 0 Å². The Morgan fingerprint density at radius 3 is 2.57 bits per heavy atom. The standard InChI is InChI=1S/C9H3ClF3S/c10-6-3-1-2-5-4-7(9(11,12)13)14-8(5)6/h1-3H. The van der Waals surface area contributed by atoms with Gasteiger partial charge < -0.3 is 0 Å². The van der Waals surface area contributed by atoms with E-state index in [4.69, 9.17) is 11.6 Å². The van der Waals surface area contributed by atoms with E-state index in [9.17, 15) is 13.2 Å². The van der Waals surface area contributed by atoms with Crippen LogP contribution in [-0.2, 0) is 6.18 Å². The molecule has 0 bridgehead atoms. The molecule has 0 atom stereocenters. The van der Waals surface area contributed by atoms with Crippen molar-refractivity contribution in [2.75, 3.05) is 0 Å². The van der Waals surface area contributed by atoms with Gasteiger partial charge in [-0.2, -0.15) is 13.2 Å². The van der Waals surface area contributed by atoms with Crippen LogP contribution in [0, 0.1) is 6.07 Å². The van der Waals surface area contributed by atoms with Gasteiger partial charge in [0.2, 0.25) is 0 Å². The number of benzene rings is 1. The van der Waals surface area contributed by atoms with Gasteiger partial charge in [0.15, 0.2) is 0 Å². The van der Waals surface area contributed by atoms with Crippen molar-refractivity contribution in [1.29, 1.82) is 0 Å². The predicted octanol–water partition coefficient (Wildman–Crippen LogP) is 4.37. The second-order valence-corrected chi connectivity index (χ2v) is 4.10. The van der Waals surface area contributed by atoms with E-state index >= 15 is 0 Å². The molecular weight excluding hydrogens is 233 g/mol. The Balaban J connectivity index is 2.69. The van der Waals surface area contributed by atoms with Gasteiger partial charge in [-0.15, -0.1) is 11.3 Å². The molecule has 0 fully saturated rings. The van der Waals surface area contributed by atoms with Crippen molar-refractivity contribution < 1.29 is 13.2 Å². The molecule has 1 radical (unpaired) electrons. The lowest BCUT2D eigenvalue weighted by Gasteiger charge is -1.99. The summed E-state index contributed by atoms with van der Waals surface area (Å²) < 4.78 is 37.3. The highest BCUT2D eigenvalue weighted by Gasteiger charge is 2.33. The largest absolute Gasteiger partial charge is 0.426 e. The van der Waals surface area contributed by atoms with Gasteiger partial charge in [0.05, 0.1) is 9.72 Å². The average molecular weight is 236 g/mol. The molecule has 0 amide bonds. The number of hydrogen-bond donors (Lipinski definition) is 0. The van der Waals surface area contributed by atoms with Gasteiger partial charge in [0.1, 0.15) is 4.88 Å². The highest BCUT2D eigenvalue weighted by molar-refractivity contribution is 7.19. The normalized spacial score (nSPS) is 12.3. The maximum atomic E-state index is 12.3. The fourth-order valence-electron chi connectivity index (χ4n) is 1.09. The monoisotopic (exact) mass is 235 g/mol. The third kappa shape index (κ3) is 1.60. The van der Waals surface area contributed by atoms with E-state index in [1.54, 1.807) is 18.2 Å². The highest BCUT2D eigenvalue weighted by atomic mass is 35.5. The fraction of sp³-hybridized carbons (Fsp3) is 0.111. The van der Waals surface area contributed by atoms with Crippen molar-refractivity contribution in [3.05, 3.63) is 34.2 Å². The molecule has 73 valence electrons. The molecule has 2 aromatic rings. The molecule has 1 heterocycles. The van der Waals surface area contributed by atoms with Crippen LogP contribution in [0.5, 0.6) is 0 Å². The van der Waals surface area contributed by atoms with Gasteiger partial charge in [-0.25, -0.2) is 0 Å². The first-order valence-electron chi connectivity index (χ1n) is 3.66. The Kier molecular flexibility index (Phi) is 2.20. The molecule has 14 heavy (non-hydrogen) atoms. The average Bonchev–Trinajstić information content (AvgIpc) is 2.48. The molecule has 0 N–H and O–H groups in total. The first kappa shape index (κ1) is 9.80. The number of rotatable bonds is 0. The van der Waals surface area contributed by atoms with Gasteiger partial charge in [0, 0.05) is 11.5 Å². The number of thiophene rings is 1. The first-order valence-corrected chi connectivity index (χ1v) is 4.85. The summed E-state index contributed by atoms with van der Waals surface area (Å²) in [5.41, 5.74) is 0. The summed E-state index contributed by atoms with van der Waals surface area (Å²) in [6.45, 7) is 0. The van der Waals surface area contributed by atoms with Crippen molar-refractivity contribution in [2.24, 2.45) is 0 Å². The molecule has 0 saturated heterocycles. The second-order valence-electron chi connectivity index (χ2n) is 2.67. The Morgan fingerprint density at radius 1 is 1.29 bits per heavy atom. The van der Waals surface area contributed by atoms with Gasteiger partial charge in [-0.3, -0.25) is 0 Å². The van der Waals surface area contributed by atoms with Crippen LogP contribution in [0.25, 0.3) is 10.1 Å². The predicted molar refractivity (Wildman–Crippen MR) is 50.7 cm³/mol. The molecule has 0 aliphatic heterocycles. The Labute approximate surface area is 86.9 Å². The van der Waals surface area contributed by atoms with E-state index in [1.165, 1.54) is 0 Å². The van der Waals surface area contributed by atoms with Gasteiger partial charge in [-0.05, 0) is 6.07 Å². The summed E-state index contributed by atoms with van der Waals surface area (Å²) in [5.74, 6) is 0. The minimum atomic E-state index is -4.34. The van der Waals surface area contributed by atoms with E-state index in [0.29, 0.717) is 26.4 Å². The van der Waals surface area contributed by atoms with Gasteiger partial charge in [0.25, 0.3) is 0 Å². The molecule has 0 aliphatic rings.